The van der Waals surface area contributed by atoms with Crippen molar-refractivity contribution >= 4 is 29.1 Å². The lowest BCUT2D eigenvalue weighted by Gasteiger charge is -2.07. The van der Waals surface area contributed by atoms with Gasteiger partial charge in [-0.25, -0.2) is 0 Å². The Morgan fingerprint density at radius 1 is 1.53 bits per heavy atom. The Morgan fingerprint density at radius 2 is 2.27 bits per heavy atom. The summed E-state index contributed by atoms with van der Waals surface area (Å²) in [7, 11) is 0. The summed E-state index contributed by atoms with van der Waals surface area (Å²) < 4.78 is 0. The zero-order valence-corrected chi connectivity index (χ0v) is 10.2. The van der Waals surface area contributed by atoms with E-state index in [1.165, 1.54) is 0 Å². The molecule has 1 aromatic rings. The molecule has 0 radical (unpaired) electrons. The van der Waals surface area contributed by atoms with Crippen LogP contribution in [0.15, 0.2) is 23.1 Å². The van der Waals surface area contributed by atoms with Crippen LogP contribution in [-0.2, 0) is 0 Å². The van der Waals surface area contributed by atoms with Gasteiger partial charge < -0.3 is 0 Å². The highest BCUT2D eigenvalue weighted by atomic mass is 35.5. The molecule has 0 aromatic heterocycles. The van der Waals surface area contributed by atoms with Gasteiger partial charge in [-0.05, 0) is 36.8 Å². The highest BCUT2D eigenvalue weighted by molar-refractivity contribution is 7.99. The van der Waals surface area contributed by atoms with E-state index in [4.69, 9.17) is 11.6 Å². The van der Waals surface area contributed by atoms with Crippen molar-refractivity contribution in [2.24, 2.45) is 5.92 Å². The normalized spacial score (nSPS) is 15.3. The molecule has 0 unspecified atom stereocenters. The average Bonchev–Trinajstić information content (AvgIpc) is 3.03. The molecule has 1 fully saturated rings. The van der Waals surface area contributed by atoms with E-state index >= 15 is 0 Å². The van der Waals surface area contributed by atoms with Crippen LogP contribution in [0.25, 0.3) is 0 Å². The summed E-state index contributed by atoms with van der Waals surface area (Å²) in [4.78, 5) is 13.1. The molecule has 0 atom stereocenters. The molecule has 1 nitrogen and oxygen atoms in total. The first-order chi connectivity index (χ1) is 7.22. The fourth-order valence-electron chi connectivity index (χ4n) is 1.54. The van der Waals surface area contributed by atoms with Crippen LogP contribution in [0.4, 0.5) is 0 Å². The molecule has 1 saturated carbocycles. The lowest BCUT2D eigenvalue weighted by Crippen LogP contribution is -2.03. The van der Waals surface area contributed by atoms with Gasteiger partial charge >= 0.3 is 0 Å². The minimum atomic E-state index is 0.264. The van der Waals surface area contributed by atoms with Crippen LogP contribution in [0.1, 0.15) is 30.1 Å². The van der Waals surface area contributed by atoms with E-state index in [1.54, 1.807) is 17.8 Å². The van der Waals surface area contributed by atoms with Crippen LogP contribution in [0.2, 0.25) is 5.02 Å². The Kier molecular flexibility index (Phi) is 3.37. The number of thioether (sulfide) groups is 1. The van der Waals surface area contributed by atoms with Crippen molar-refractivity contribution in [1.29, 1.82) is 0 Å². The summed E-state index contributed by atoms with van der Waals surface area (Å²) in [5.74, 6) is 1.51. The number of hydrogen-bond donors (Lipinski definition) is 0. The van der Waals surface area contributed by atoms with Gasteiger partial charge in [0.25, 0.3) is 0 Å². The lowest BCUT2D eigenvalue weighted by atomic mass is 10.1. The second-order valence-corrected chi connectivity index (χ2v) is 5.45. The molecule has 0 spiro atoms. The first-order valence-corrected chi connectivity index (χ1v) is 6.55. The fourth-order valence-corrected chi connectivity index (χ4v) is 2.50. The highest BCUT2D eigenvalue weighted by Crippen LogP contribution is 2.36. The summed E-state index contributed by atoms with van der Waals surface area (Å²) in [5, 5.41) is 0.652. The van der Waals surface area contributed by atoms with Crippen LogP contribution in [-0.4, -0.2) is 11.5 Å². The molecule has 1 aliphatic rings. The molecule has 0 amide bonds. The molecule has 1 aromatic carbocycles. The SMILES string of the molecule is CCSc1ccc(Cl)cc1C(=O)C1CC1. The smallest absolute Gasteiger partial charge is 0.167 e. The average molecular weight is 241 g/mol. The number of hydrogen-bond acceptors (Lipinski definition) is 2. The highest BCUT2D eigenvalue weighted by Gasteiger charge is 2.31. The Morgan fingerprint density at radius 3 is 2.87 bits per heavy atom. The zero-order chi connectivity index (χ0) is 10.8. The quantitative estimate of drug-likeness (QED) is 0.584. The summed E-state index contributed by atoms with van der Waals surface area (Å²) in [6, 6.07) is 5.61. The van der Waals surface area contributed by atoms with Gasteiger partial charge in [0, 0.05) is 21.4 Å². The minimum Gasteiger partial charge on any atom is -0.294 e. The Labute approximate surface area is 99.2 Å². The topological polar surface area (TPSA) is 17.1 Å². The number of ketones is 1. The van der Waals surface area contributed by atoms with Crippen molar-refractivity contribution in [3.63, 3.8) is 0 Å². The van der Waals surface area contributed by atoms with Gasteiger partial charge in [-0.15, -0.1) is 11.8 Å². The second kappa shape index (κ2) is 4.58. The van der Waals surface area contributed by atoms with Gasteiger partial charge in [-0.1, -0.05) is 18.5 Å². The summed E-state index contributed by atoms with van der Waals surface area (Å²) >= 11 is 7.63. The van der Waals surface area contributed by atoms with Gasteiger partial charge in [0.1, 0.15) is 0 Å². The number of carbonyl (C=O) groups is 1. The number of Topliss-reactive ketones (excluding diaryl/α,β-unsaturated/α-hetero) is 1. The van der Waals surface area contributed by atoms with Crippen molar-refractivity contribution in [1.82, 2.24) is 0 Å². The second-order valence-electron chi connectivity index (χ2n) is 3.71. The van der Waals surface area contributed by atoms with Crippen molar-refractivity contribution in [3.8, 4) is 0 Å². The van der Waals surface area contributed by atoms with E-state index in [9.17, 15) is 4.79 Å². The molecule has 0 bridgehead atoms. The van der Waals surface area contributed by atoms with Crippen molar-refractivity contribution in [3.05, 3.63) is 28.8 Å². The molecule has 2 rings (SSSR count). The number of carbonyl (C=O) groups excluding carboxylic acids is 1. The maximum absolute atomic E-state index is 12.0. The summed E-state index contributed by atoms with van der Waals surface area (Å²) in [6.07, 6.45) is 2.09. The van der Waals surface area contributed by atoms with E-state index in [0.717, 1.165) is 29.1 Å². The molecular weight excluding hydrogens is 228 g/mol. The van der Waals surface area contributed by atoms with Crippen molar-refractivity contribution in [2.45, 2.75) is 24.7 Å². The zero-order valence-electron chi connectivity index (χ0n) is 8.63. The molecule has 3 heteroatoms. The van der Waals surface area contributed by atoms with Crippen LogP contribution < -0.4 is 0 Å². The minimum absolute atomic E-state index is 0.264. The lowest BCUT2D eigenvalue weighted by molar-refractivity contribution is 0.0965. The van der Waals surface area contributed by atoms with E-state index < -0.39 is 0 Å². The molecule has 1 aliphatic carbocycles. The van der Waals surface area contributed by atoms with Gasteiger partial charge in [-0.3, -0.25) is 4.79 Å². The molecule has 80 valence electrons. The van der Waals surface area contributed by atoms with Gasteiger partial charge in [0.05, 0.1) is 0 Å². The first kappa shape index (κ1) is 11.0. The van der Waals surface area contributed by atoms with E-state index in [0.29, 0.717) is 5.02 Å². The molecular formula is C12H13ClOS. The maximum atomic E-state index is 12.0. The Bertz CT molecular complexity index is 385. The van der Waals surface area contributed by atoms with Crippen LogP contribution in [0.5, 0.6) is 0 Å². The van der Waals surface area contributed by atoms with Gasteiger partial charge in [0.15, 0.2) is 5.78 Å². The van der Waals surface area contributed by atoms with E-state index in [2.05, 4.69) is 6.92 Å². The summed E-state index contributed by atoms with van der Waals surface area (Å²) in [6.45, 7) is 2.09. The molecule has 0 heterocycles. The molecule has 0 N–H and O–H groups in total. The van der Waals surface area contributed by atoms with Crippen LogP contribution >= 0.6 is 23.4 Å². The molecule has 15 heavy (non-hydrogen) atoms. The Hall–Kier alpha value is -0.470. The molecule has 0 saturated heterocycles. The standard InChI is InChI=1S/C12H13ClOS/c1-2-15-11-6-5-9(13)7-10(11)12(14)8-3-4-8/h5-8H,2-4H2,1H3. The maximum Gasteiger partial charge on any atom is 0.167 e. The predicted octanol–water partition coefficient (Wildman–Crippen LogP) is 4.04. The van der Waals surface area contributed by atoms with E-state index in [-0.39, 0.29) is 11.7 Å². The van der Waals surface area contributed by atoms with Crippen molar-refractivity contribution in [2.75, 3.05) is 5.75 Å². The molecule has 0 aliphatic heterocycles. The van der Waals surface area contributed by atoms with Gasteiger partial charge in [0.2, 0.25) is 0 Å². The number of rotatable bonds is 4. The monoisotopic (exact) mass is 240 g/mol. The number of halogens is 1. The number of benzene rings is 1. The summed E-state index contributed by atoms with van der Waals surface area (Å²) in [5.41, 5.74) is 0.817. The van der Waals surface area contributed by atoms with Gasteiger partial charge in [-0.2, -0.15) is 0 Å². The first-order valence-electron chi connectivity index (χ1n) is 5.19. The third-order valence-electron chi connectivity index (χ3n) is 2.46. The fraction of sp³-hybridized carbons (Fsp3) is 0.417. The Balaban J connectivity index is 2.32. The third kappa shape index (κ3) is 2.56. The third-order valence-corrected chi connectivity index (χ3v) is 3.65. The largest absolute Gasteiger partial charge is 0.294 e. The van der Waals surface area contributed by atoms with Crippen LogP contribution in [0, 0.1) is 5.92 Å². The van der Waals surface area contributed by atoms with Crippen LogP contribution in [0.3, 0.4) is 0 Å². The predicted molar refractivity (Wildman–Crippen MR) is 64.9 cm³/mol. The van der Waals surface area contributed by atoms with Crippen molar-refractivity contribution < 1.29 is 4.79 Å². The van der Waals surface area contributed by atoms with E-state index in [1.807, 2.05) is 12.1 Å².